The molecule has 1 unspecified atom stereocenters. The summed E-state index contributed by atoms with van der Waals surface area (Å²) in [6.07, 6.45) is 3.90. The highest BCUT2D eigenvalue weighted by Crippen LogP contribution is 2.14. The van der Waals surface area contributed by atoms with Crippen LogP contribution in [0.2, 0.25) is 0 Å². The van der Waals surface area contributed by atoms with E-state index in [9.17, 15) is 0 Å². The molecule has 3 heteroatoms. The molecule has 0 saturated heterocycles. The highest BCUT2D eigenvalue weighted by molar-refractivity contribution is 5.16. The molecule has 0 bridgehead atoms. The predicted molar refractivity (Wildman–Crippen MR) is 74.4 cm³/mol. The summed E-state index contributed by atoms with van der Waals surface area (Å²) in [5.41, 5.74) is 8.43. The third-order valence-electron chi connectivity index (χ3n) is 3.23. The van der Waals surface area contributed by atoms with E-state index in [1.807, 2.05) is 19.2 Å². The van der Waals surface area contributed by atoms with Gasteiger partial charge in [-0.25, -0.2) is 4.98 Å². The number of nitrogens with two attached hydrogens (primary N) is 1. The second-order valence-corrected chi connectivity index (χ2v) is 4.62. The second-order valence-electron chi connectivity index (χ2n) is 4.62. The maximum absolute atomic E-state index is 5.95. The van der Waals surface area contributed by atoms with Gasteiger partial charge in [-0.1, -0.05) is 30.3 Å². The standard InChI is InChI=1S/C15H21N3/c1-3-18-14(12(2)16)11-17-15(18)10-9-13-7-5-4-6-8-13/h4-8,11-12H,3,9-10,16H2,1-2H3. The van der Waals surface area contributed by atoms with Crippen LogP contribution in [0.1, 0.15) is 37.0 Å². The first kappa shape index (κ1) is 12.8. The number of hydrogen-bond donors (Lipinski definition) is 1. The van der Waals surface area contributed by atoms with Gasteiger partial charge in [0.2, 0.25) is 0 Å². The van der Waals surface area contributed by atoms with Crippen molar-refractivity contribution in [1.82, 2.24) is 9.55 Å². The summed E-state index contributed by atoms with van der Waals surface area (Å²) in [4.78, 5) is 4.51. The van der Waals surface area contributed by atoms with Crippen LogP contribution in [-0.2, 0) is 19.4 Å². The van der Waals surface area contributed by atoms with Gasteiger partial charge >= 0.3 is 0 Å². The number of benzene rings is 1. The van der Waals surface area contributed by atoms with Crippen molar-refractivity contribution in [1.29, 1.82) is 0 Å². The number of aromatic nitrogens is 2. The zero-order chi connectivity index (χ0) is 13.0. The molecule has 3 nitrogen and oxygen atoms in total. The Labute approximate surface area is 109 Å². The molecular weight excluding hydrogens is 222 g/mol. The van der Waals surface area contributed by atoms with Crippen molar-refractivity contribution in [2.24, 2.45) is 5.73 Å². The Bertz CT molecular complexity index is 486. The van der Waals surface area contributed by atoms with Crippen molar-refractivity contribution in [2.75, 3.05) is 0 Å². The molecule has 0 fully saturated rings. The van der Waals surface area contributed by atoms with Crippen molar-refractivity contribution >= 4 is 0 Å². The molecule has 2 aromatic rings. The van der Waals surface area contributed by atoms with Gasteiger partial charge in [-0.15, -0.1) is 0 Å². The monoisotopic (exact) mass is 243 g/mol. The van der Waals surface area contributed by atoms with Crippen LogP contribution in [0.4, 0.5) is 0 Å². The van der Waals surface area contributed by atoms with Crippen LogP contribution in [0.5, 0.6) is 0 Å². The molecule has 1 aromatic heterocycles. The Kier molecular flexibility index (Phi) is 4.15. The average Bonchev–Trinajstić information content (AvgIpc) is 2.80. The van der Waals surface area contributed by atoms with E-state index in [0.717, 1.165) is 30.9 Å². The number of hydrogen-bond acceptors (Lipinski definition) is 2. The van der Waals surface area contributed by atoms with Crippen molar-refractivity contribution in [3.05, 3.63) is 53.6 Å². The second kappa shape index (κ2) is 5.83. The van der Waals surface area contributed by atoms with Crippen LogP contribution < -0.4 is 5.73 Å². The summed E-state index contributed by atoms with van der Waals surface area (Å²) >= 11 is 0. The van der Waals surface area contributed by atoms with Gasteiger partial charge in [-0.3, -0.25) is 0 Å². The number of rotatable bonds is 5. The summed E-state index contributed by atoms with van der Waals surface area (Å²) in [6.45, 7) is 5.07. The molecule has 0 amide bonds. The summed E-state index contributed by atoms with van der Waals surface area (Å²) in [7, 11) is 0. The zero-order valence-electron chi connectivity index (χ0n) is 11.1. The first-order valence-electron chi connectivity index (χ1n) is 6.56. The van der Waals surface area contributed by atoms with Gasteiger partial charge in [0.25, 0.3) is 0 Å². The third kappa shape index (κ3) is 2.79. The molecule has 18 heavy (non-hydrogen) atoms. The molecule has 0 spiro atoms. The van der Waals surface area contributed by atoms with Crippen LogP contribution in [-0.4, -0.2) is 9.55 Å². The summed E-state index contributed by atoms with van der Waals surface area (Å²) in [5.74, 6) is 1.13. The highest BCUT2D eigenvalue weighted by atomic mass is 15.1. The van der Waals surface area contributed by atoms with Crippen LogP contribution in [0.15, 0.2) is 36.5 Å². The van der Waals surface area contributed by atoms with Gasteiger partial charge in [0.1, 0.15) is 5.82 Å². The van der Waals surface area contributed by atoms with Gasteiger partial charge in [-0.05, 0) is 25.8 Å². The van der Waals surface area contributed by atoms with E-state index < -0.39 is 0 Å². The quantitative estimate of drug-likeness (QED) is 0.877. The smallest absolute Gasteiger partial charge is 0.109 e. The molecule has 0 aliphatic carbocycles. The Hall–Kier alpha value is -1.61. The van der Waals surface area contributed by atoms with Gasteiger partial charge in [0, 0.05) is 19.0 Å². The molecule has 2 N–H and O–H groups in total. The van der Waals surface area contributed by atoms with Gasteiger partial charge in [0.05, 0.1) is 11.9 Å². The molecule has 96 valence electrons. The molecule has 1 aromatic carbocycles. The van der Waals surface area contributed by atoms with Gasteiger partial charge in [0.15, 0.2) is 0 Å². The topological polar surface area (TPSA) is 43.8 Å². The SMILES string of the molecule is CCn1c(C(C)N)cnc1CCc1ccccc1. The first-order chi connectivity index (χ1) is 8.72. The molecule has 0 aliphatic heterocycles. The first-order valence-corrected chi connectivity index (χ1v) is 6.56. The number of aryl methyl sites for hydroxylation is 2. The number of nitrogens with zero attached hydrogens (tertiary/aromatic N) is 2. The van der Waals surface area contributed by atoms with Crippen LogP contribution in [0, 0.1) is 0 Å². The van der Waals surface area contributed by atoms with E-state index in [-0.39, 0.29) is 6.04 Å². The normalized spacial score (nSPS) is 12.6. The number of imidazole rings is 1. The fourth-order valence-corrected chi connectivity index (χ4v) is 2.26. The van der Waals surface area contributed by atoms with Gasteiger partial charge < -0.3 is 10.3 Å². The largest absolute Gasteiger partial charge is 0.331 e. The van der Waals surface area contributed by atoms with Gasteiger partial charge in [-0.2, -0.15) is 0 Å². The Morgan fingerprint density at radius 2 is 1.94 bits per heavy atom. The van der Waals surface area contributed by atoms with Crippen LogP contribution in [0.3, 0.4) is 0 Å². The third-order valence-corrected chi connectivity index (χ3v) is 3.23. The molecule has 0 saturated carbocycles. The minimum Gasteiger partial charge on any atom is -0.331 e. The lowest BCUT2D eigenvalue weighted by atomic mass is 10.1. The van der Waals surface area contributed by atoms with E-state index in [1.54, 1.807) is 0 Å². The average molecular weight is 243 g/mol. The summed E-state index contributed by atoms with van der Waals surface area (Å²) in [6, 6.07) is 10.6. The molecule has 0 aliphatic rings. The zero-order valence-corrected chi connectivity index (χ0v) is 11.1. The van der Waals surface area contributed by atoms with E-state index in [0.29, 0.717) is 0 Å². The van der Waals surface area contributed by atoms with Crippen LogP contribution >= 0.6 is 0 Å². The molecule has 1 heterocycles. The minimum absolute atomic E-state index is 0.0444. The van der Waals surface area contributed by atoms with Crippen molar-refractivity contribution in [3.63, 3.8) is 0 Å². The highest BCUT2D eigenvalue weighted by Gasteiger charge is 2.11. The lowest BCUT2D eigenvalue weighted by Crippen LogP contribution is -2.13. The fourth-order valence-electron chi connectivity index (χ4n) is 2.26. The Morgan fingerprint density at radius 1 is 1.22 bits per heavy atom. The van der Waals surface area contributed by atoms with Crippen molar-refractivity contribution < 1.29 is 0 Å². The van der Waals surface area contributed by atoms with E-state index >= 15 is 0 Å². The predicted octanol–water partition coefficient (Wildman–Crippen LogP) is 2.71. The summed E-state index contributed by atoms with van der Waals surface area (Å²) in [5, 5.41) is 0. The lowest BCUT2D eigenvalue weighted by Gasteiger charge is -2.11. The van der Waals surface area contributed by atoms with Crippen LogP contribution in [0.25, 0.3) is 0 Å². The summed E-state index contributed by atoms with van der Waals surface area (Å²) < 4.78 is 2.23. The molecule has 1 atom stereocenters. The fraction of sp³-hybridized carbons (Fsp3) is 0.400. The minimum atomic E-state index is 0.0444. The maximum Gasteiger partial charge on any atom is 0.109 e. The molecular formula is C15H21N3. The Balaban J connectivity index is 2.10. The van der Waals surface area contributed by atoms with Crippen molar-refractivity contribution in [3.8, 4) is 0 Å². The Morgan fingerprint density at radius 3 is 2.56 bits per heavy atom. The van der Waals surface area contributed by atoms with E-state index in [2.05, 4.69) is 40.7 Å². The lowest BCUT2D eigenvalue weighted by molar-refractivity contribution is 0.622. The van der Waals surface area contributed by atoms with Crippen molar-refractivity contribution in [2.45, 2.75) is 39.3 Å². The van der Waals surface area contributed by atoms with E-state index in [1.165, 1.54) is 5.56 Å². The molecule has 2 rings (SSSR count). The van der Waals surface area contributed by atoms with E-state index in [4.69, 9.17) is 5.73 Å². The maximum atomic E-state index is 5.95. The molecule has 0 radical (unpaired) electrons.